The molecule has 0 aliphatic heterocycles. The number of ether oxygens (including phenoxy) is 1. The average molecular weight is 320 g/mol. The summed E-state index contributed by atoms with van der Waals surface area (Å²) in [7, 11) is 1.63. The molecule has 8 nitrogen and oxygen atoms in total. The van der Waals surface area contributed by atoms with Crippen LogP contribution in [0.3, 0.4) is 0 Å². The quantitative estimate of drug-likeness (QED) is 0.753. The maximum atomic E-state index is 12.3. The number of hydrogen-bond donors (Lipinski definition) is 2. The number of carbonyl (C=O) groups excluding carboxylic acids is 1. The van der Waals surface area contributed by atoms with E-state index in [1.165, 1.54) is 0 Å². The SMILES string of the molecule is COCCNc1nc(C(=O)NC(C)C)nc2c1ncn2C(C)C. The first-order valence-electron chi connectivity index (χ1n) is 7.72. The molecule has 2 rings (SSSR count). The number of nitrogens with one attached hydrogen (secondary N) is 2. The van der Waals surface area contributed by atoms with Crippen molar-refractivity contribution in [3.63, 3.8) is 0 Å². The van der Waals surface area contributed by atoms with E-state index in [0.717, 1.165) is 0 Å². The Morgan fingerprint density at radius 3 is 2.65 bits per heavy atom. The summed E-state index contributed by atoms with van der Waals surface area (Å²) in [5.74, 6) is 0.377. The van der Waals surface area contributed by atoms with Crippen LogP contribution >= 0.6 is 0 Å². The van der Waals surface area contributed by atoms with Gasteiger partial charge in [-0.05, 0) is 27.7 Å². The number of aromatic nitrogens is 4. The maximum absolute atomic E-state index is 12.3. The molecule has 0 saturated carbocycles. The summed E-state index contributed by atoms with van der Waals surface area (Å²) < 4.78 is 6.96. The largest absolute Gasteiger partial charge is 0.383 e. The van der Waals surface area contributed by atoms with Gasteiger partial charge >= 0.3 is 0 Å². The highest BCUT2D eigenvalue weighted by atomic mass is 16.5. The van der Waals surface area contributed by atoms with Crippen LogP contribution in [0, 0.1) is 0 Å². The lowest BCUT2D eigenvalue weighted by Gasteiger charge is -2.12. The predicted molar refractivity (Wildman–Crippen MR) is 88.7 cm³/mol. The second-order valence-electron chi connectivity index (χ2n) is 5.86. The molecule has 2 aromatic rings. The summed E-state index contributed by atoms with van der Waals surface area (Å²) >= 11 is 0. The summed E-state index contributed by atoms with van der Waals surface area (Å²) in [6, 6.07) is 0.199. The van der Waals surface area contributed by atoms with E-state index < -0.39 is 0 Å². The zero-order chi connectivity index (χ0) is 17.0. The highest BCUT2D eigenvalue weighted by molar-refractivity contribution is 5.94. The number of anilines is 1. The number of rotatable bonds is 7. The first-order valence-corrected chi connectivity index (χ1v) is 7.72. The van der Waals surface area contributed by atoms with Gasteiger partial charge in [0.25, 0.3) is 5.91 Å². The lowest BCUT2D eigenvalue weighted by atomic mass is 10.3. The van der Waals surface area contributed by atoms with Gasteiger partial charge in [0, 0.05) is 25.7 Å². The molecule has 0 aliphatic rings. The van der Waals surface area contributed by atoms with Crippen molar-refractivity contribution < 1.29 is 9.53 Å². The van der Waals surface area contributed by atoms with Gasteiger partial charge in [-0.1, -0.05) is 0 Å². The Bertz CT molecular complexity index is 680. The van der Waals surface area contributed by atoms with Crippen LogP contribution in [-0.2, 0) is 4.74 Å². The second kappa shape index (κ2) is 7.36. The predicted octanol–water partition coefficient (Wildman–Crippen LogP) is 1.60. The van der Waals surface area contributed by atoms with Crippen molar-refractivity contribution in [1.29, 1.82) is 0 Å². The normalized spacial score (nSPS) is 11.4. The summed E-state index contributed by atoms with van der Waals surface area (Å²) in [5.41, 5.74) is 1.29. The molecule has 0 spiro atoms. The smallest absolute Gasteiger partial charge is 0.289 e. The third kappa shape index (κ3) is 3.95. The standard InChI is InChI=1S/C15H24N6O2/c1-9(2)18-15(22)13-19-12(16-6-7-23-5)11-14(20-13)21(8-17-11)10(3)4/h8-10H,6-7H2,1-5H3,(H,18,22)(H,16,19,20). The van der Waals surface area contributed by atoms with Crippen LogP contribution in [0.1, 0.15) is 44.4 Å². The average Bonchev–Trinajstić information content (AvgIpc) is 2.90. The van der Waals surface area contributed by atoms with E-state index in [2.05, 4.69) is 25.6 Å². The third-order valence-corrected chi connectivity index (χ3v) is 3.20. The van der Waals surface area contributed by atoms with E-state index in [0.29, 0.717) is 30.1 Å². The number of carbonyl (C=O) groups is 1. The molecular weight excluding hydrogens is 296 g/mol. The highest BCUT2D eigenvalue weighted by Crippen LogP contribution is 2.21. The van der Waals surface area contributed by atoms with E-state index >= 15 is 0 Å². The summed E-state index contributed by atoms with van der Waals surface area (Å²) in [6.07, 6.45) is 1.72. The molecule has 1 amide bonds. The van der Waals surface area contributed by atoms with Gasteiger partial charge in [0.1, 0.15) is 5.52 Å². The topological polar surface area (TPSA) is 94.0 Å². The zero-order valence-corrected chi connectivity index (χ0v) is 14.3. The number of hydrogen-bond acceptors (Lipinski definition) is 6. The third-order valence-electron chi connectivity index (χ3n) is 3.20. The van der Waals surface area contributed by atoms with Gasteiger partial charge in [0.2, 0.25) is 5.82 Å². The van der Waals surface area contributed by atoms with Gasteiger partial charge in [0.05, 0.1) is 12.9 Å². The van der Waals surface area contributed by atoms with Crippen LogP contribution in [0.4, 0.5) is 5.82 Å². The molecule has 0 radical (unpaired) electrons. The number of nitrogens with zero attached hydrogens (tertiary/aromatic N) is 4. The lowest BCUT2D eigenvalue weighted by molar-refractivity contribution is 0.0933. The number of fused-ring (bicyclic) bond motifs is 1. The van der Waals surface area contributed by atoms with Crippen molar-refractivity contribution in [1.82, 2.24) is 24.8 Å². The Morgan fingerprint density at radius 1 is 1.30 bits per heavy atom. The molecule has 0 unspecified atom stereocenters. The van der Waals surface area contributed by atoms with Crippen LogP contribution in [0.25, 0.3) is 11.2 Å². The number of amides is 1. The molecule has 0 bridgehead atoms. The molecule has 0 saturated heterocycles. The first kappa shape index (κ1) is 17.1. The van der Waals surface area contributed by atoms with Crippen LogP contribution < -0.4 is 10.6 Å². The molecule has 0 atom stereocenters. The molecule has 8 heteroatoms. The number of imidazole rings is 1. The molecule has 0 fully saturated rings. The van der Waals surface area contributed by atoms with Gasteiger partial charge in [0.15, 0.2) is 11.5 Å². The van der Waals surface area contributed by atoms with Crippen molar-refractivity contribution in [2.75, 3.05) is 25.6 Å². The van der Waals surface area contributed by atoms with Crippen molar-refractivity contribution in [2.24, 2.45) is 0 Å². The molecular formula is C15H24N6O2. The lowest BCUT2D eigenvalue weighted by Crippen LogP contribution is -2.32. The highest BCUT2D eigenvalue weighted by Gasteiger charge is 2.18. The van der Waals surface area contributed by atoms with Crippen LogP contribution in [0.2, 0.25) is 0 Å². The van der Waals surface area contributed by atoms with Crippen molar-refractivity contribution >= 4 is 22.9 Å². The fourth-order valence-electron chi connectivity index (χ4n) is 2.12. The Kier molecular flexibility index (Phi) is 5.49. The molecule has 0 aromatic carbocycles. The van der Waals surface area contributed by atoms with E-state index in [1.807, 2.05) is 32.3 Å². The molecule has 2 N–H and O–H groups in total. The van der Waals surface area contributed by atoms with Gasteiger partial charge in [-0.3, -0.25) is 4.79 Å². The van der Waals surface area contributed by atoms with Crippen LogP contribution in [-0.4, -0.2) is 51.7 Å². The molecule has 2 aromatic heterocycles. The molecule has 2 heterocycles. The van der Waals surface area contributed by atoms with Gasteiger partial charge < -0.3 is 19.9 Å². The van der Waals surface area contributed by atoms with Crippen LogP contribution in [0.15, 0.2) is 6.33 Å². The minimum absolute atomic E-state index is 0.0155. The Balaban J connectivity index is 2.46. The van der Waals surface area contributed by atoms with Gasteiger partial charge in [-0.25, -0.2) is 15.0 Å². The van der Waals surface area contributed by atoms with Crippen molar-refractivity contribution in [3.05, 3.63) is 12.2 Å². The summed E-state index contributed by atoms with van der Waals surface area (Å²) in [6.45, 7) is 8.97. The summed E-state index contributed by atoms with van der Waals surface area (Å²) in [4.78, 5) is 25.4. The van der Waals surface area contributed by atoms with Crippen LogP contribution in [0.5, 0.6) is 0 Å². The van der Waals surface area contributed by atoms with Crippen molar-refractivity contribution in [2.45, 2.75) is 39.8 Å². The molecule has 0 aliphatic carbocycles. The minimum Gasteiger partial charge on any atom is -0.383 e. The molecule has 126 valence electrons. The maximum Gasteiger partial charge on any atom is 0.289 e. The van der Waals surface area contributed by atoms with E-state index in [9.17, 15) is 4.79 Å². The number of methoxy groups -OCH3 is 1. The van der Waals surface area contributed by atoms with E-state index in [4.69, 9.17) is 4.74 Å². The zero-order valence-electron chi connectivity index (χ0n) is 14.3. The first-order chi connectivity index (χ1) is 10.9. The van der Waals surface area contributed by atoms with E-state index in [1.54, 1.807) is 13.4 Å². The Hall–Kier alpha value is -2.22. The van der Waals surface area contributed by atoms with Gasteiger partial charge in [-0.2, -0.15) is 0 Å². The summed E-state index contributed by atoms with van der Waals surface area (Å²) in [5, 5.41) is 5.97. The minimum atomic E-state index is -0.298. The Morgan fingerprint density at radius 2 is 2.04 bits per heavy atom. The fraction of sp³-hybridized carbons (Fsp3) is 0.600. The second-order valence-corrected chi connectivity index (χ2v) is 5.86. The Labute approximate surface area is 135 Å². The van der Waals surface area contributed by atoms with E-state index in [-0.39, 0.29) is 23.8 Å². The van der Waals surface area contributed by atoms with Crippen molar-refractivity contribution in [3.8, 4) is 0 Å². The monoisotopic (exact) mass is 320 g/mol. The fourth-order valence-corrected chi connectivity index (χ4v) is 2.12. The molecule has 23 heavy (non-hydrogen) atoms. The van der Waals surface area contributed by atoms with Gasteiger partial charge in [-0.15, -0.1) is 0 Å².